The lowest BCUT2D eigenvalue weighted by atomic mass is 10.0. The highest BCUT2D eigenvalue weighted by Crippen LogP contribution is 2.37. The molecule has 0 radical (unpaired) electrons. The van der Waals surface area contributed by atoms with Gasteiger partial charge in [0, 0.05) is 36.3 Å². The SMILES string of the molecule is O=C(Nc1ccc(F)c(C(F)(F)F)c1)N1CCc2nn3c(c2C1)-c1noc(COCC(F)F)c1CCC3. The monoisotopic (exact) mass is 529 g/mol. The Morgan fingerprint density at radius 1 is 1.19 bits per heavy atom. The number of anilines is 1. The number of ether oxygens (including phenoxy) is 1. The van der Waals surface area contributed by atoms with E-state index in [-0.39, 0.29) is 25.4 Å². The molecule has 2 amide bonds. The Labute approximate surface area is 206 Å². The lowest BCUT2D eigenvalue weighted by molar-refractivity contribution is -0.139. The Kier molecular flexibility index (Phi) is 6.60. The second-order valence-corrected chi connectivity index (χ2v) is 8.73. The molecule has 198 valence electrons. The van der Waals surface area contributed by atoms with Crippen LogP contribution in [0, 0.1) is 5.82 Å². The number of rotatable bonds is 5. The summed E-state index contributed by atoms with van der Waals surface area (Å²) in [7, 11) is 0. The average Bonchev–Trinajstić information content (AvgIpc) is 3.34. The largest absolute Gasteiger partial charge is 0.419 e. The summed E-state index contributed by atoms with van der Waals surface area (Å²) in [5.41, 5.74) is 1.68. The van der Waals surface area contributed by atoms with Crippen LogP contribution in [0.25, 0.3) is 11.4 Å². The van der Waals surface area contributed by atoms with E-state index in [2.05, 4.69) is 15.6 Å². The molecule has 37 heavy (non-hydrogen) atoms. The number of hydrogen-bond acceptors (Lipinski definition) is 5. The number of halogens is 6. The molecule has 0 saturated carbocycles. The van der Waals surface area contributed by atoms with Crippen LogP contribution in [0.5, 0.6) is 0 Å². The van der Waals surface area contributed by atoms with Crippen molar-refractivity contribution in [1.82, 2.24) is 19.8 Å². The predicted octanol–water partition coefficient (Wildman–Crippen LogP) is 5.01. The number of urea groups is 1. The molecule has 2 aliphatic rings. The standard InChI is InChI=1S/C23H21F6N5O3/c24-16-4-3-12(8-15(16)23(27,28)29)30-22(35)33-7-5-17-14(9-33)21-20-13(2-1-6-34(21)31-17)18(37-32-20)10-36-11-19(25)26/h3-4,8,19H,1-2,5-7,9-11H2,(H,30,35). The van der Waals surface area contributed by atoms with Crippen LogP contribution >= 0.6 is 0 Å². The lowest BCUT2D eigenvalue weighted by Gasteiger charge is -2.27. The quantitative estimate of drug-likeness (QED) is 0.470. The van der Waals surface area contributed by atoms with E-state index < -0.39 is 36.6 Å². The van der Waals surface area contributed by atoms with Crippen molar-refractivity contribution in [3.63, 3.8) is 0 Å². The van der Waals surface area contributed by atoms with E-state index in [9.17, 15) is 31.1 Å². The maximum atomic E-state index is 13.6. The minimum atomic E-state index is -4.90. The third-order valence-corrected chi connectivity index (χ3v) is 6.28. The Morgan fingerprint density at radius 3 is 2.76 bits per heavy atom. The summed E-state index contributed by atoms with van der Waals surface area (Å²) in [5.74, 6) is -1.08. The zero-order chi connectivity index (χ0) is 26.3. The van der Waals surface area contributed by atoms with Gasteiger partial charge < -0.3 is 19.5 Å². The van der Waals surface area contributed by atoms with E-state index in [1.807, 2.05) is 0 Å². The number of aryl methyl sites for hydroxylation is 1. The Hall–Kier alpha value is -3.55. The third kappa shape index (κ3) is 5.02. The molecule has 4 heterocycles. The molecule has 8 nitrogen and oxygen atoms in total. The van der Waals surface area contributed by atoms with E-state index in [1.165, 1.54) is 4.90 Å². The molecule has 14 heteroatoms. The first kappa shape index (κ1) is 25.1. The molecule has 2 aliphatic heterocycles. The van der Waals surface area contributed by atoms with E-state index in [1.54, 1.807) is 4.68 Å². The van der Waals surface area contributed by atoms with Gasteiger partial charge in [-0.3, -0.25) is 4.68 Å². The van der Waals surface area contributed by atoms with Crippen molar-refractivity contribution < 1.29 is 40.4 Å². The van der Waals surface area contributed by atoms with Crippen LogP contribution in [0.3, 0.4) is 0 Å². The molecule has 2 aromatic heterocycles. The number of amides is 2. The van der Waals surface area contributed by atoms with Crippen molar-refractivity contribution in [2.75, 3.05) is 18.5 Å². The van der Waals surface area contributed by atoms with Gasteiger partial charge in [0.2, 0.25) is 0 Å². The highest BCUT2D eigenvalue weighted by Gasteiger charge is 2.35. The molecule has 0 spiro atoms. The highest BCUT2D eigenvalue weighted by atomic mass is 19.4. The van der Waals surface area contributed by atoms with Crippen LogP contribution in [0.15, 0.2) is 22.7 Å². The van der Waals surface area contributed by atoms with Crippen molar-refractivity contribution in [3.8, 4) is 11.4 Å². The molecule has 0 fully saturated rings. The van der Waals surface area contributed by atoms with Crippen LogP contribution < -0.4 is 5.32 Å². The summed E-state index contributed by atoms with van der Waals surface area (Å²) < 4.78 is 89.8. The van der Waals surface area contributed by atoms with Gasteiger partial charge in [-0.15, -0.1) is 0 Å². The van der Waals surface area contributed by atoms with E-state index >= 15 is 0 Å². The number of aromatic nitrogens is 3. The van der Waals surface area contributed by atoms with Crippen LogP contribution in [-0.4, -0.2) is 45.4 Å². The molecule has 5 rings (SSSR count). The summed E-state index contributed by atoms with van der Waals surface area (Å²) in [4.78, 5) is 14.3. The van der Waals surface area contributed by atoms with Crippen molar-refractivity contribution in [3.05, 3.63) is 52.2 Å². The summed E-state index contributed by atoms with van der Waals surface area (Å²) >= 11 is 0. The third-order valence-electron chi connectivity index (χ3n) is 6.28. The summed E-state index contributed by atoms with van der Waals surface area (Å²) in [6.45, 7) is 0.0485. The summed E-state index contributed by atoms with van der Waals surface area (Å²) in [5, 5.41) is 11.2. The van der Waals surface area contributed by atoms with Crippen LogP contribution in [0.1, 0.15) is 34.6 Å². The molecule has 1 N–H and O–H groups in total. The van der Waals surface area contributed by atoms with E-state index in [0.29, 0.717) is 60.7 Å². The first-order valence-electron chi connectivity index (χ1n) is 11.5. The first-order chi connectivity index (χ1) is 17.6. The Bertz CT molecular complexity index is 1320. The number of nitrogens with one attached hydrogen (secondary N) is 1. The molecule has 1 aromatic carbocycles. The number of fused-ring (bicyclic) bond motifs is 5. The number of hydrogen-bond donors (Lipinski definition) is 1. The van der Waals surface area contributed by atoms with Crippen LogP contribution in [-0.2, 0) is 43.5 Å². The minimum Gasteiger partial charge on any atom is -0.367 e. The van der Waals surface area contributed by atoms with Gasteiger partial charge in [-0.25, -0.2) is 18.0 Å². The summed E-state index contributed by atoms with van der Waals surface area (Å²) in [6, 6.07) is 1.61. The van der Waals surface area contributed by atoms with Crippen molar-refractivity contribution in [1.29, 1.82) is 0 Å². The molecular formula is C23H21F6N5O3. The van der Waals surface area contributed by atoms with Gasteiger partial charge >= 0.3 is 12.2 Å². The van der Waals surface area contributed by atoms with Gasteiger partial charge in [-0.05, 0) is 31.0 Å². The first-order valence-corrected chi connectivity index (χ1v) is 11.5. The summed E-state index contributed by atoms with van der Waals surface area (Å²) in [6.07, 6.45) is -5.85. The molecule has 0 saturated heterocycles. The molecule has 0 bridgehead atoms. The number of alkyl halides is 5. The van der Waals surface area contributed by atoms with Crippen molar-refractivity contribution >= 4 is 11.7 Å². The van der Waals surface area contributed by atoms with Crippen LogP contribution in [0.2, 0.25) is 0 Å². The fraction of sp³-hybridized carbons (Fsp3) is 0.435. The fourth-order valence-electron chi connectivity index (χ4n) is 4.60. The van der Waals surface area contributed by atoms with Crippen LogP contribution in [0.4, 0.5) is 36.8 Å². The molecule has 3 aromatic rings. The fourth-order valence-corrected chi connectivity index (χ4v) is 4.60. The minimum absolute atomic E-state index is 0.105. The normalized spacial score (nSPS) is 15.3. The maximum absolute atomic E-state index is 13.6. The molecular weight excluding hydrogens is 508 g/mol. The second-order valence-electron chi connectivity index (χ2n) is 8.73. The Morgan fingerprint density at radius 2 is 2.00 bits per heavy atom. The van der Waals surface area contributed by atoms with Gasteiger partial charge in [0.1, 0.15) is 24.7 Å². The van der Waals surface area contributed by atoms with Gasteiger partial charge in [-0.2, -0.15) is 18.3 Å². The van der Waals surface area contributed by atoms with E-state index in [0.717, 1.165) is 17.3 Å². The zero-order valence-corrected chi connectivity index (χ0v) is 19.2. The molecule has 0 aliphatic carbocycles. The Balaban J connectivity index is 1.37. The van der Waals surface area contributed by atoms with Crippen molar-refractivity contribution in [2.45, 2.75) is 51.6 Å². The van der Waals surface area contributed by atoms with E-state index in [4.69, 9.17) is 9.26 Å². The number of carbonyl (C=O) groups excluding carboxylic acids is 1. The van der Waals surface area contributed by atoms with Gasteiger partial charge in [0.15, 0.2) is 5.76 Å². The topological polar surface area (TPSA) is 85.4 Å². The van der Waals surface area contributed by atoms with Gasteiger partial charge in [0.25, 0.3) is 6.43 Å². The number of nitrogens with zero attached hydrogens (tertiary/aromatic N) is 4. The highest BCUT2D eigenvalue weighted by molar-refractivity contribution is 5.89. The molecule has 0 atom stereocenters. The second kappa shape index (κ2) is 9.72. The molecule has 0 unspecified atom stereocenters. The number of carbonyl (C=O) groups is 1. The lowest BCUT2D eigenvalue weighted by Crippen LogP contribution is -2.38. The van der Waals surface area contributed by atoms with Crippen molar-refractivity contribution in [2.24, 2.45) is 0 Å². The number of benzene rings is 1. The van der Waals surface area contributed by atoms with Gasteiger partial charge in [-0.1, -0.05) is 5.16 Å². The smallest absolute Gasteiger partial charge is 0.367 e. The van der Waals surface area contributed by atoms with Gasteiger partial charge in [0.05, 0.1) is 23.5 Å². The average molecular weight is 529 g/mol. The predicted molar refractivity (Wildman–Crippen MR) is 116 cm³/mol. The zero-order valence-electron chi connectivity index (χ0n) is 19.2. The maximum Gasteiger partial charge on any atom is 0.419 e.